The molecule has 0 spiro atoms. The van der Waals surface area contributed by atoms with Crippen LogP contribution in [0.2, 0.25) is 0 Å². The van der Waals surface area contributed by atoms with Gasteiger partial charge >= 0.3 is 5.97 Å². The summed E-state index contributed by atoms with van der Waals surface area (Å²) in [5, 5.41) is 35.7. The Morgan fingerprint density at radius 2 is 1.51 bits per heavy atom. The molecule has 0 aliphatic rings. The van der Waals surface area contributed by atoms with Gasteiger partial charge in [0.15, 0.2) is 0 Å². The maximum atomic E-state index is 12.9. The highest BCUT2D eigenvalue weighted by Gasteiger charge is 2.32. The molecule has 0 saturated heterocycles. The summed E-state index contributed by atoms with van der Waals surface area (Å²) in [5.74, 6) is -4.94. The smallest absolute Gasteiger partial charge is 0.326 e. The van der Waals surface area contributed by atoms with Crippen LogP contribution in [0, 0.1) is 0 Å². The number of primary amides is 1. The number of carboxylic acid groups (broad SMARTS) is 1. The van der Waals surface area contributed by atoms with Crippen molar-refractivity contribution in [3.63, 3.8) is 0 Å². The summed E-state index contributed by atoms with van der Waals surface area (Å²) in [4.78, 5) is 60.8. The minimum Gasteiger partial charge on any atom is -0.508 e. The monoisotopic (exact) mass is 524 g/mol. The van der Waals surface area contributed by atoms with Crippen LogP contribution in [0.5, 0.6) is 5.75 Å². The predicted molar refractivity (Wildman–Crippen MR) is 132 cm³/mol. The average molecular weight is 525 g/mol. The fraction of sp³-hybridized carbons (Fsp3) is 0.522. The minimum atomic E-state index is -1.61. The number of hydrogen-bond acceptors (Lipinski definition) is 9. The van der Waals surface area contributed by atoms with Crippen LogP contribution >= 0.6 is 0 Å². The molecule has 1 rings (SSSR count). The molecule has 0 aliphatic carbocycles. The van der Waals surface area contributed by atoms with Crippen LogP contribution in [-0.4, -0.2) is 81.7 Å². The van der Waals surface area contributed by atoms with Crippen molar-refractivity contribution < 1.29 is 39.3 Å². The van der Waals surface area contributed by atoms with Crippen LogP contribution in [0.3, 0.4) is 0 Å². The molecule has 37 heavy (non-hydrogen) atoms. The molecule has 14 nitrogen and oxygen atoms in total. The molecule has 0 fully saturated rings. The summed E-state index contributed by atoms with van der Waals surface area (Å²) in [6.07, 6.45) is -0.980. The van der Waals surface area contributed by atoms with E-state index in [-0.39, 0.29) is 18.6 Å². The van der Waals surface area contributed by atoms with Gasteiger partial charge in [0.2, 0.25) is 23.6 Å². The first kappa shape index (κ1) is 31.3. The van der Waals surface area contributed by atoms with Gasteiger partial charge in [-0.2, -0.15) is 0 Å². The normalized spacial score (nSPS) is 14.9. The molecule has 0 saturated carbocycles. The summed E-state index contributed by atoms with van der Waals surface area (Å²) >= 11 is 0. The third kappa shape index (κ3) is 11.2. The third-order valence-electron chi connectivity index (χ3n) is 5.39. The summed E-state index contributed by atoms with van der Waals surface area (Å²) < 4.78 is 0. The van der Waals surface area contributed by atoms with Crippen molar-refractivity contribution >= 4 is 29.6 Å². The van der Waals surface area contributed by atoms with E-state index in [0.29, 0.717) is 24.9 Å². The minimum absolute atomic E-state index is 0.0435. The SMILES string of the molecule is CC(O)C(NC(=O)C(N)Cc1ccc(O)cc1)C(=O)NC(CCCCN)C(=O)NC(CC(N)=O)C(=O)O. The number of carbonyl (C=O) groups excluding carboxylic acids is 4. The topological polar surface area (TPSA) is 260 Å². The Morgan fingerprint density at radius 1 is 0.919 bits per heavy atom. The molecule has 5 atom stereocenters. The van der Waals surface area contributed by atoms with Crippen molar-refractivity contribution in [3.05, 3.63) is 29.8 Å². The Bertz CT molecular complexity index is 940. The van der Waals surface area contributed by atoms with E-state index in [0.717, 1.165) is 0 Å². The highest BCUT2D eigenvalue weighted by molar-refractivity contribution is 5.95. The standard InChI is InChI=1S/C23H36N6O8/c1-12(30)19(29-20(33)15(25)10-13-5-7-14(31)8-6-13)22(35)27-16(4-2-3-9-24)21(34)28-17(23(36)37)11-18(26)32/h5-8,12,15-17,19,30-31H,2-4,9-11,24-25H2,1H3,(H2,26,32)(H,27,35)(H,28,34)(H,29,33)(H,36,37). The van der Waals surface area contributed by atoms with Crippen molar-refractivity contribution in [2.75, 3.05) is 6.54 Å². The Labute approximate surface area is 213 Å². The van der Waals surface area contributed by atoms with Crippen molar-refractivity contribution in [3.8, 4) is 5.75 Å². The number of aliphatic hydroxyl groups is 1. The molecule has 0 radical (unpaired) electrons. The van der Waals surface area contributed by atoms with Crippen molar-refractivity contribution in [1.82, 2.24) is 16.0 Å². The number of amides is 4. The zero-order valence-corrected chi connectivity index (χ0v) is 20.6. The third-order valence-corrected chi connectivity index (χ3v) is 5.39. The Kier molecular flexibility index (Phi) is 13.0. The molecule has 12 N–H and O–H groups in total. The zero-order valence-electron chi connectivity index (χ0n) is 20.6. The number of nitrogens with two attached hydrogens (primary N) is 3. The Balaban J connectivity index is 2.93. The van der Waals surface area contributed by atoms with Crippen LogP contribution in [0.25, 0.3) is 0 Å². The van der Waals surface area contributed by atoms with Crippen LogP contribution in [0.4, 0.5) is 0 Å². The number of benzene rings is 1. The number of phenolic OH excluding ortho intramolecular Hbond substituents is 1. The van der Waals surface area contributed by atoms with Crippen LogP contribution in [0.15, 0.2) is 24.3 Å². The lowest BCUT2D eigenvalue weighted by molar-refractivity contribution is -0.144. The fourth-order valence-electron chi connectivity index (χ4n) is 3.34. The summed E-state index contributed by atoms with van der Waals surface area (Å²) in [7, 11) is 0. The molecule has 1 aromatic carbocycles. The average Bonchev–Trinajstić information content (AvgIpc) is 2.81. The fourth-order valence-corrected chi connectivity index (χ4v) is 3.34. The number of nitrogens with one attached hydrogen (secondary N) is 3. The lowest BCUT2D eigenvalue weighted by atomic mass is 10.0. The Morgan fingerprint density at radius 3 is 2.03 bits per heavy atom. The lowest BCUT2D eigenvalue weighted by Gasteiger charge is -2.26. The summed E-state index contributed by atoms with van der Waals surface area (Å²) in [6, 6.07) is 0.585. The first-order valence-corrected chi connectivity index (χ1v) is 11.7. The summed E-state index contributed by atoms with van der Waals surface area (Å²) in [5.41, 5.74) is 17.1. The van der Waals surface area contributed by atoms with Crippen LogP contribution in [0.1, 0.15) is 38.2 Å². The van der Waals surface area contributed by atoms with E-state index < -0.39 is 66.3 Å². The molecule has 0 heterocycles. The predicted octanol–water partition coefficient (Wildman–Crippen LogP) is -2.81. The second-order valence-corrected chi connectivity index (χ2v) is 8.62. The number of carboxylic acids is 1. The van der Waals surface area contributed by atoms with E-state index in [4.69, 9.17) is 17.2 Å². The summed E-state index contributed by atoms with van der Waals surface area (Å²) in [6.45, 7) is 1.57. The van der Waals surface area contributed by atoms with Gasteiger partial charge in [0, 0.05) is 0 Å². The van der Waals surface area contributed by atoms with Gasteiger partial charge in [0.1, 0.15) is 23.9 Å². The van der Waals surface area contributed by atoms with Gasteiger partial charge < -0.3 is 48.5 Å². The highest BCUT2D eigenvalue weighted by Crippen LogP contribution is 2.11. The van der Waals surface area contributed by atoms with Gasteiger partial charge in [-0.05, 0) is 56.8 Å². The molecular formula is C23H36N6O8. The van der Waals surface area contributed by atoms with E-state index in [1.165, 1.54) is 19.1 Å². The van der Waals surface area contributed by atoms with E-state index in [2.05, 4.69) is 16.0 Å². The zero-order chi connectivity index (χ0) is 28.1. The van der Waals surface area contributed by atoms with Gasteiger partial charge in [0.25, 0.3) is 0 Å². The Hall–Kier alpha value is -3.75. The number of aliphatic carboxylic acids is 1. The van der Waals surface area contributed by atoms with Crippen LogP contribution < -0.4 is 33.2 Å². The quantitative estimate of drug-likeness (QED) is 0.100. The molecule has 14 heteroatoms. The van der Waals surface area contributed by atoms with Crippen molar-refractivity contribution in [1.29, 1.82) is 0 Å². The van der Waals surface area contributed by atoms with Gasteiger partial charge in [0.05, 0.1) is 18.6 Å². The molecule has 4 amide bonds. The lowest BCUT2D eigenvalue weighted by Crippen LogP contribution is -2.60. The number of phenols is 1. The molecule has 0 aromatic heterocycles. The highest BCUT2D eigenvalue weighted by atomic mass is 16.4. The van der Waals surface area contributed by atoms with Gasteiger partial charge in [-0.3, -0.25) is 19.2 Å². The number of hydrogen-bond donors (Lipinski definition) is 9. The molecule has 206 valence electrons. The van der Waals surface area contributed by atoms with Crippen LogP contribution in [-0.2, 0) is 30.4 Å². The first-order valence-electron chi connectivity index (χ1n) is 11.7. The van der Waals surface area contributed by atoms with E-state index in [1.807, 2.05) is 0 Å². The number of carbonyl (C=O) groups is 5. The molecular weight excluding hydrogens is 488 g/mol. The van der Waals surface area contributed by atoms with E-state index >= 15 is 0 Å². The van der Waals surface area contributed by atoms with Gasteiger partial charge in [-0.25, -0.2) is 4.79 Å². The maximum absolute atomic E-state index is 12.9. The molecule has 0 aliphatic heterocycles. The number of aromatic hydroxyl groups is 1. The molecule has 0 bridgehead atoms. The van der Waals surface area contributed by atoms with E-state index in [9.17, 15) is 39.3 Å². The van der Waals surface area contributed by atoms with Gasteiger partial charge in [-0.15, -0.1) is 0 Å². The first-order chi connectivity index (χ1) is 17.3. The molecule has 5 unspecified atom stereocenters. The largest absolute Gasteiger partial charge is 0.508 e. The van der Waals surface area contributed by atoms with Crippen molar-refractivity contribution in [2.24, 2.45) is 17.2 Å². The number of unbranched alkanes of at least 4 members (excludes halogenated alkanes) is 1. The second kappa shape index (κ2) is 15.4. The maximum Gasteiger partial charge on any atom is 0.326 e. The molecule has 1 aromatic rings. The van der Waals surface area contributed by atoms with Gasteiger partial charge in [-0.1, -0.05) is 12.1 Å². The number of rotatable bonds is 16. The van der Waals surface area contributed by atoms with Crippen molar-refractivity contribution in [2.45, 2.75) is 69.3 Å². The second-order valence-electron chi connectivity index (χ2n) is 8.62. The van der Waals surface area contributed by atoms with E-state index in [1.54, 1.807) is 12.1 Å². The number of aliphatic hydroxyl groups excluding tert-OH is 1.